The highest BCUT2D eigenvalue weighted by Crippen LogP contribution is 2.25. The smallest absolute Gasteiger partial charge is 0.264 e. The quantitative estimate of drug-likeness (QED) is 0.321. The molecular formula is C30H36FN3O4S. The molecule has 0 aliphatic carbocycles. The maximum atomic E-state index is 14.6. The average Bonchev–Trinajstić information content (AvgIpc) is 2.91. The van der Waals surface area contributed by atoms with E-state index in [9.17, 15) is 22.4 Å². The number of amides is 2. The Hall–Kier alpha value is -3.72. The lowest BCUT2D eigenvalue weighted by molar-refractivity contribution is -0.139. The van der Waals surface area contributed by atoms with Crippen molar-refractivity contribution >= 4 is 27.5 Å². The number of halogens is 1. The summed E-state index contributed by atoms with van der Waals surface area (Å²) in [5.74, 6) is -1.54. The van der Waals surface area contributed by atoms with Crippen LogP contribution in [0.25, 0.3) is 0 Å². The molecule has 7 nitrogen and oxygen atoms in total. The van der Waals surface area contributed by atoms with Gasteiger partial charge in [0.15, 0.2) is 0 Å². The molecule has 0 saturated carbocycles. The molecule has 39 heavy (non-hydrogen) atoms. The predicted molar refractivity (Wildman–Crippen MR) is 151 cm³/mol. The van der Waals surface area contributed by atoms with Crippen LogP contribution in [0.15, 0.2) is 77.7 Å². The zero-order valence-electron chi connectivity index (χ0n) is 22.9. The van der Waals surface area contributed by atoms with Crippen LogP contribution in [0, 0.1) is 19.7 Å². The predicted octanol–water partition coefficient (Wildman–Crippen LogP) is 4.97. The minimum Gasteiger partial charge on any atom is -0.354 e. The minimum absolute atomic E-state index is 0.0347. The number of carbonyl (C=O) groups excluding carboxylic acids is 2. The third-order valence-corrected chi connectivity index (χ3v) is 8.29. The Morgan fingerprint density at radius 3 is 2.10 bits per heavy atom. The molecule has 208 valence electrons. The second-order valence-corrected chi connectivity index (χ2v) is 11.5. The lowest BCUT2D eigenvalue weighted by Crippen LogP contribution is -2.51. The lowest BCUT2D eigenvalue weighted by atomic mass is 10.1. The summed E-state index contributed by atoms with van der Waals surface area (Å²) in [5, 5.41) is 2.81. The molecule has 0 fully saturated rings. The first kappa shape index (κ1) is 29.8. The van der Waals surface area contributed by atoms with E-state index in [1.54, 1.807) is 55.5 Å². The van der Waals surface area contributed by atoms with Gasteiger partial charge in [-0.05, 0) is 57.5 Å². The van der Waals surface area contributed by atoms with Gasteiger partial charge < -0.3 is 10.2 Å². The van der Waals surface area contributed by atoms with E-state index in [1.807, 2.05) is 20.8 Å². The molecule has 0 aliphatic heterocycles. The maximum absolute atomic E-state index is 14.6. The van der Waals surface area contributed by atoms with Crippen LogP contribution < -0.4 is 9.62 Å². The van der Waals surface area contributed by atoms with E-state index in [0.717, 1.165) is 28.3 Å². The van der Waals surface area contributed by atoms with Gasteiger partial charge in [-0.2, -0.15) is 0 Å². The van der Waals surface area contributed by atoms with Crippen LogP contribution in [0.5, 0.6) is 0 Å². The maximum Gasteiger partial charge on any atom is 0.264 e. The summed E-state index contributed by atoms with van der Waals surface area (Å²) in [6, 6.07) is 18.2. The van der Waals surface area contributed by atoms with Crippen LogP contribution >= 0.6 is 0 Å². The van der Waals surface area contributed by atoms with Crippen LogP contribution in [0.4, 0.5) is 10.1 Å². The first-order chi connectivity index (χ1) is 18.5. The van der Waals surface area contributed by atoms with Crippen molar-refractivity contribution in [3.63, 3.8) is 0 Å². The molecule has 0 saturated heterocycles. The second-order valence-electron chi connectivity index (χ2n) is 9.59. The summed E-state index contributed by atoms with van der Waals surface area (Å²) in [4.78, 5) is 28.0. The molecule has 0 aromatic heterocycles. The van der Waals surface area contributed by atoms with Crippen LogP contribution in [-0.2, 0) is 26.2 Å². The number of rotatable bonds is 12. The molecule has 3 rings (SSSR count). The van der Waals surface area contributed by atoms with Crippen molar-refractivity contribution in [2.45, 2.75) is 58.0 Å². The molecule has 0 radical (unpaired) electrons. The summed E-state index contributed by atoms with van der Waals surface area (Å²) in [6.07, 6.45) is 1.66. The van der Waals surface area contributed by atoms with Gasteiger partial charge in [-0.25, -0.2) is 12.8 Å². The van der Waals surface area contributed by atoms with E-state index in [0.29, 0.717) is 12.2 Å². The number of sulfonamides is 1. The SMILES string of the molecule is CCCCNC(=O)[C@H](C)N(Cc1ccccc1F)C(=O)CN(c1ccc(C)cc1)S(=O)(=O)c1ccc(C)cc1. The van der Waals surface area contributed by atoms with E-state index < -0.39 is 40.2 Å². The molecule has 0 unspecified atom stereocenters. The zero-order valence-corrected chi connectivity index (χ0v) is 23.7. The van der Waals surface area contributed by atoms with Gasteiger partial charge in [-0.15, -0.1) is 0 Å². The van der Waals surface area contributed by atoms with Crippen molar-refractivity contribution in [1.29, 1.82) is 0 Å². The summed E-state index contributed by atoms with van der Waals surface area (Å²) >= 11 is 0. The first-order valence-electron chi connectivity index (χ1n) is 13.0. The number of nitrogens with one attached hydrogen (secondary N) is 1. The van der Waals surface area contributed by atoms with Crippen LogP contribution in [0.1, 0.15) is 43.4 Å². The van der Waals surface area contributed by atoms with Crippen molar-refractivity contribution in [3.05, 3.63) is 95.3 Å². The third-order valence-electron chi connectivity index (χ3n) is 6.51. The van der Waals surface area contributed by atoms with Crippen LogP contribution in [0.2, 0.25) is 0 Å². The highest BCUT2D eigenvalue weighted by Gasteiger charge is 2.32. The molecule has 0 heterocycles. The second kappa shape index (κ2) is 13.4. The van der Waals surface area contributed by atoms with Crippen molar-refractivity contribution in [3.8, 4) is 0 Å². The lowest BCUT2D eigenvalue weighted by Gasteiger charge is -2.32. The number of unbranched alkanes of at least 4 members (excludes halogenated alkanes) is 1. The van der Waals surface area contributed by atoms with Crippen LogP contribution in [-0.4, -0.2) is 44.3 Å². The number of hydrogen-bond acceptors (Lipinski definition) is 4. The van der Waals surface area contributed by atoms with Crippen molar-refractivity contribution in [1.82, 2.24) is 10.2 Å². The van der Waals surface area contributed by atoms with Gasteiger partial charge in [0.1, 0.15) is 18.4 Å². The largest absolute Gasteiger partial charge is 0.354 e. The molecular weight excluding hydrogens is 517 g/mol. The standard InChI is InChI=1S/C30H36FN3O4S/c1-5-6-19-32-30(36)24(4)33(20-25-9-7-8-10-28(25)31)29(35)21-34(26-15-11-22(2)12-16-26)39(37,38)27-17-13-23(3)14-18-27/h7-18,24H,5-6,19-21H2,1-4H3,(H,32,36)/t24-/m0/s1. The fourth-order valence-corrected chi connectivity index (χ4v) is 5.42. The van der Waals surface area contributed by atoms with Gasteiger partial charge in [0.05, 0.1) is 10.6 Å². The van der Waals surface area contributed by atoms with Gasteiger partial charge in [-0.1, -0.05) is 66.9 Å². The van der Waals surface area contributed by atoms with E-state index in [1.165, 1.54) is 29.2 Å². The summed E-state index contributed by atoms with van der Waals surface area (Å²) in [7, 11) is -4.15. The average molecular weight is 554 g/mol. The molecule has 0 aliphatic rings. The van der Waals surface area contributed by atoms with E-state index >= 15 is 0 Å². The monoisotopic (exact) mass is 553 g/mol. The molecule has 1 N–H and O–H groups in total. The summed E-state index contributed by atoms with van der Waals surface area (Å²) in [6.45, 7) is 6.97. The van der Waals surface area contributed by atoms with Crippen LogP contribution in [0.3, 0.4) is 0 Å². The Morgan fingerprint density at radius 2 is 1.51 bits per heavy atom. The van der Waals surface area contributed by atoms with Gasteiger partial charge in [0.25, 0.3) is 10.0 Å². The number of aryl methyl sites for hydroxylation is 2. The summed E-state index contributed by atoms with van der Waals surface area (Å²) in [5.41, 5.74) is 2.35. The molecule has 0 bridgehead atoms. The number of carbonyl (C=O) groups is 2. The van der Waals surface area contributed by atoms with E-state index in [4.69, 9.17) is 0 Å². The molecule has 1 atom stereocenters. The minimum atomic E-state index is -4.15. The Balaban J connectivity index is 2.00. The summed E-state index contributed by atoms with van der Waals surface area (Å²) < 4.78 is 43.2. The van der Waals surface area contributed by atoms with Crippen molar-refractivity contribution < 1.29 is 22.4 Å². The Kier molecular flexibility index (Phi) is 10.2. The fraction of sp³-hybridized carbons (Fsp3) is 0.333. The molecule has 9 heteroatoms. The number of hydrogen-bond donors (Lipinski definition) is 1. The normalized spacial score (nSPS) is 12.0. The number of anilines is 1. The van der Waals surface area contributed by atoms with Gasteiger partial charge in [-0.3, -0.25) is 13.9 Å². The van der Waals surface area contributed by atoms with Gasteiger partial charge >= 0.3 is 0 Å². The van der Waals surface area contributed by atoms with E-state index in [2.05, 4.69) is 5.32 Å². The number of benzene rings is 3. The van der Waals surface area contributed by atoms with Gasteiger partial charge in [0.2, 0.25) is 11.8 Å². The zero-order chi connectivity index (χ0) is 28.6. The third kappa shape index (κ3) is 7.66. The first-order valence-corrected chi connectivity index (χ1v) is 14.4. The molecule has 0 spiro atoms. The molecule has 3 aromatic carbocycles. The number of nitrogens with zero attached hydrogens (tertiary/aromatic N) is 2. The Bertz CT molecular complexity index is 1380. The topological polar surface area (TPSA) is 86.8 Å². The van der Waals surface area contributed by atoms with E-state index in [-0.39, 0.29) is 17.0 Å². The molecule has 2 amide bonds. The molecule has 3 aromatic rings. The highest BCUT2D eigenvalue weighted by molar-refractivity contribution is 7.92. The fourth-order valence-electron chi connectivity index (χ4n) is 4.01. The van der Waals surface area contributed by atoms with Gasteiger partial charge in [0, 0.05) is 18.7 Å². The van der Waals surface area contributed by atoms with Crippen molar-refractivity contribution in [2.75, 3.05) is 17.4 Å². The van der Waals surface area contributed by atoms with Crippen molar-refractivity contribution in [2.24, 2.45) is 0 Å². The Labute approximate surface area is 230 Å². The Morgan fingerprint density at radius 1 is 0.923 bits per heavy atom. The highest BCUT2D eigenvalue weighted by atomic mass is 32.2.